The topological polar surface area (TPSA) is 113 Å². The number of nitrogens with one attached hydrogen (secondary N) is 1. The number of nitriles is 1. The van der Waals surface area contributed by atoms with Crippen LogP contribution in [0.25, 0.3) is 0 Å². The van der Waals surface area contributed by atoms with Crippen LogP contribution in [0.4, 0.5) is 14.5 Å². The zero-order valence-corrected chi connectivity index (χ0v) is 23.8. The summed E-state index contributed by atoms with van der Waals surface area (Å²) in [5.41, 5.74) is 6.97. The van der Waals surface area contributed by atoms with Gasteiger partial charge in [0.15, 0.2) is 0 Å². The van der Waals surface area contributed by atoms with Gasteiger partial charge >= 0.3 is 0 Å². The zero-order valence-electron chi connectivity index (χ0n) is 22.9. The number of anilines is 1. The van der Waals surface area contributed by atoms with Gasteiger partial charge in [-0.2, -0.15) is 5.26 Å². The number of benzene rings is 1. The lowest BCUT2D eigenvalue weighted by atomic mass is 9.66. The third-order valence-electron chi connectivity index (χ3n) is 8.86. The number of nitrogens with two attached hydrogens (primary N) is 1. The molecule has 212 valence electrons. The number of carbonyl (C=O) groups excluding carboxylic acids is 1. The number of amides is 1. The van der Waals surface area contributed by atoms with Crippen molar-refractivity contribution in [3.8, 4) is 6.07 Å². The van der Waals surface area contributed by atoms with Crippen LogP contribution in [0.15, 0.2) is 41.5 Å². The number of rotatable bonds is 5. The number of halogens is 2. The minimum absolute atomic E-state index is 0.0271. The van der Waals surface area contributed by atoms with Crippen LogP contribution < -0.4 is 11.1 Å². The largest absolute Gasteiger partial charge is 0.379 e. The number of nitrogens with zero attached hydrogens (tertiary/aromatic N) is 3. The van der Waals surface area contributed by atoms with Crippen molar-refractivity contribution in [3.63, 3.8) is 0 Å². The fraction of sp³-hybridized carbons (Fsp3) is 0.533. The number of thioether (sulfide) groups is 1. The van der Waals surface area contributed by atoms with Gasteiger partial charge in [0.1, 0.15) is 29.3 Å². The van der Waals surface area contributed by atoms with Gasteiger partial charge in [-0.1, -0.05) is 20.8 Å². The molecule has 1 amide bonds. The zero-order chi connectivity index (χ0) is 28.6. The van der Waals surface area contributed by atoms with E-state index in [9.17, 15) is 9.18 Å². The molecule has 1 aliphatic carbocycles. The standard InChI is InChI=1S/C30H35F2N5O2S/c1-16(2)21-11-24(32)17(3)27(34)26(21)29-37-30(15-39-9-8-19(30)14-40-29)22-10-20(5-6-23(22)31)36-28(38)25-7-4-18(12-33)13-35-25/h4-7,10,13,16-17,19,21,24,26-27H,8-9,11,14-15,34H2,1-3H3,(H,36,38)/t17?,19-,21?,24+,26?,27?,30-/m0/s1. The quantitative estimate of drug-likeness (QED) is 0.506. The number of ether oxygens (including phenoxy) is 1. The van der Waals surface area contributed by atoms with E-state index >= 15 is 4.39 Å². The smallest absolute Gasteiger partial charge is 0.274 e. The second-order valence-electron chi connectivity index (χ2n) is 11.5. The van der Waals surface area contributed by atoms with Crippen molar-refractivity contribution < 1.29 is 18.3 Å². The number of aromatic nitrogens is 1. The molecular formula is C30H35F2N5O2S. The predicted molar refractivity (Wildman–Crippen MR) is 152 cm³/mol. The third-order valence-corrected chi connectivity index (χ3v) is 10.1. The Kier molecular flexibility index (Phi) is 8.27. The molecule has 2 aliphatic heterocycles. The molecule has 40 heavy (non-hydrogen) atoms. The molecule has 10 heteroatoms. The van der Waals surface area contributed by atoms with Crippen LogP contribution in [0.5, 0.6) is 0 Å². The van der Waals surface area contributed by atoms with Crippen LogP contribution in [0.2, 0.25) is 0 Å². The van der Waals surface area contributed by atoms with Gasteiger partial charge in [-0.3, -0.25) is 9.79 Å². The van der Waals surface area contributed by atoms with E-state index in [1.165, 1.54) is 30.5 Å². The Morgan fingerprint density at radius 3 is 2.83 bits per heavy atom. The summed E-state index contributed by atoms with van der Waals surface area (Å²) in [5, 5.41) is 12.6. The molecule has 1 saturated carbocycles. The molecule has 0 spiro atoms. The highest BCUT2D eigenvalue weighted by Crippen LogP contribution is 2.50. The van der Waals surface area contributed by atoms with Gasteiger partial charge in [-0.25, -0.2) is 13.8 Å². The van der Waals surface area contributed by atoms with Gasteiger partial charge in [0.2, 0.25) is 0 Å². The number of pyridine rings is 1. The molecule has 3 aliphatic rings. The maximum absolute atomic E-state index is 15.7. The van der Waals surface area contributed by atoms with Crippen molar-refractivity contribution in [1.82, 2.24) is 4.98 Å². The molecule has 5 rings (SSSR count). The molecule has 3 heterocycles. The summed E-state index contributed by atoms with van der Waals surface area (Å²) >= 11 is 1.67. The monoisotopic (exact) mass is 567 g/mol. The summed E-state index contributed by atoms with van der Waals surface area (Å²) in [6, 6.07) is 9.05. The maximum Gasteiger partial charge on any atom is 0.274 e. The fourth-order valence-electron chi connectivity index (χ4n) is 6.33. The van der Waals surface area contributed by atoms with Crippen molar-refractivity contribution in [2.75, 3.05) is 24.3 Å². The van der Waals surface area contributed by atoms with Crippen molar-refractivity contribution in [2.24, 2.45) is 40.3 Å². The predicted octanol–water partition coefficient (Wildman–Crippen LogP) is 5.32. The Bertz CT molecular complexity index is 1330. The van der Waals surface area contributed by atoms with Crippen molar-refractivity contribution in [2.45, 2.75) is 51.4 Å². The summed E-state index contributed by atoms with van der Waals surface area (Å²) < 4.78 is 36.5. The summed E-state index contributed by atoms with van der Waals surface area (Å²) in [4.78, 5) is 22.2. The molecule has 7 nitrogen and oxygen atoms in total. The van der Waals surface area contributed by atoms with Crippen LogP contribution in [-0.4, -0.2) is 47.1 Å². The van der Waals surface area contributed by atoms with E-state index in [-0.39, 0.29) is 41.9 Å². The number of aliphatic imine (C=N–C) groups is 1. The molecule has 4 unspecified atom stereocenters. The Morgan fingerprint density at radius 2 is 2.12 bits per heavy atom. The van der Waals surface area contributed by atoms with Gasteiger partial charge < -0.3 is 15.8 Å². The molecule has 7 atom stereocenters. The summed E-state index contributed by atoms with van der Waals surface area (Å²) in [6.45, 7) is 6.83. The van der Waals surface area contributed by atoms with Gasteiger partial charge in [-0.15, -0.1) is 11.8 Å². The van der Waals surface area contributed by atoms with Crippen LogP contribution in [0.3, 0.4) is 0 Å². The van der Waals surface area contributed by atoms with Crippen LogP contribution >= 0.6 is 11.8 Å². The number of alkyl halides is 1. The third kappa shape index (κ3) is 5.27. The average Bonchev–Trinajstić information content (AvgIpc) is 2.96. The van der Waals surface area contributed by atoms with E-state index < -0.39 is 29.5 Å². The fourth-order valence-corrected chi connectivity index (χ4v) is 7.90. The summed E-state index contributed by atoms with van der Waals surface area (Å²) in [6.07, 6.45) is 1.53. The second-order valence-corrected chi connectivity index (χ2v) is 12.6. The molecule has 2 aromatic rings. The highest BCUT2D eigenvalue weighted by atomic mass is 32.2. The molecule has 1 aromatic heterocycles. The SMILES string of the molecule is CC(C)C1C[C@@H](F)C(C)C(N)C1C1=N[C@@]2(c3cc(NC(=O)c4ccc(C#N)cn4)ccc3F)COCC[C@H]2CS1. The van der Waals surface area contributed by atoms with Crippen molar-refractivity contribution >= 4 is 28.4 Å². The van der Waals surface area contributed by atoms with Gasteiger partial charge in [0, 0.05) is 53.6 Å². The van der Waals surface area contributed by atoms with Gasteiger partial charge in [0.05, 0.1) is 17.2 Å². The van der Waals surface area contributed by atoms with Crippen molar-refractivity contribution in [1.29, 1.82) is 5.26 Å². The van der Waals surface area contributed by atoms with Crippen LogP contribution in [0.1, 0.15) is 55.2 Å². The molecule has 2 fully saturated rings. The second kappa shape index (κ2) is 11.6. The molecule has 1 aromatic carbocycles. The number of hydrogen-bond donors (Lipinski definition) is 2. The van der Waals surface area contributed by atoms with E-state index in [2.05, 4.69) is 24.1 Å². The lowest BCUT2D eigenvalue weighted by Gasteiger charge is -2.49. The Labute approximate surface area is 238 Å². The summed E-state index contributed by atoms with van der Waals surface area (Å²) in [7, 11) is 0. The van der Waals surface area contributed by atoms with E-state index in [1.807, 2.05) is 13.0 Å². The first-order chi connectivity index (χ1) is 19.1. The number of hydrogen-bond acceptors (Lipinski definition) is 7. The molecule has 3 N–H and O–H groups in total. The van der Waals surface area contributed by atoms with E-state index in [0.29, 0.717) is 29.8 Å². The van der Waals surface area contributed by atoms with Crippen LogP contribution in [-0.2, 0) is 10.3 Å². The summed E-state index contributed by atoms with van der Waals surface area (Å²) in [5.74, 6) is -0.319. The van der Waals surface area contributed by atoms with E-state index in [0.717, 1.165) is 17.2 Å². The lowest BCUT2D eigenvalue weighted by molar-refractivity contribution is 0.00200. The van der Waals surface area contributed by atoms with E-state index in [4.69, 9.17) is 20.7 Å². The first-order valence-corrected chi connectivity index (χ1v) is 14.8. The van der Waals surface area contributed by atoms with Crippen molar-refractivity contribution in [3.05, 3.63) is 59.2 Å². The van der Waals surface area contributed by atoms with Crippen LogP contribution in [0, 0.1) is 46.7 Å². The molecule has 0 bridgehead atoms. The highest BCUT2D eigenvalue weighted by Gasteiger charge is 2.51. The Balaban J connectivity index is 1.52. The van der Waals surface area contributed by atoms with Gasteiger partial charge in [-0.05, 0) is 55.0 Å². The Hall–Kier alpha value is -2.87. The lowest BCUT2D eigenvalue weighted by Crippen LogP contribution is -2.55. The maximum atomic E-state index is 15.7. The average molecular weight is 568 g/mol. The number of fused-ring (bicyclic) bond motifs is 1. The normalized spacial score (nSPS) is 32.1. The highest BCUT2D eigenvalue weighted by molar-refractivity contribution is 8.14. The molecule has 0 radical (unpaired) electrons. The Morgan fingerprint density at radius 1 is 1.32 bits per heavy atom. The van der Waals surface area contributed by atoms with E-state index in [1.54, 1.807) is 17.8 Å². The molecular weight excluding hydrogens is 532 g/mol. The van der Waals surface area contributed by atoms with Gasteiger partial charge in [0.25, 0.3) is 5.91 Å². The first kappa shape index (κ1) is 28.7. The molecule has 1 saturated heterocycles. The minimum Gasteiger partial charge on any atom is -0.379 e. The number of carbonyl (C=O) groups is 1. The first-order valence-electron chi connectivity index (χ1n) is 13.8. The minimum atomic E-state index is -0.979.